The van der Waals surface area contributed by atoms with Crippen molar-refractivity contribution in [1.29, 1.82) is 0 Å². The Bertz CT molecular complexity index is 1810. The molecule has 1 saturated carbocycles. The first-order valence-corrected chi connectivity index (χ1v) is 29.7. The van der Waals surface area contributed by atoms with Crippen LogP contribution in [0.1, 0.15) is 143 Å². The van der Waals surface area contributed by atoms with Crippen molar-refractivity contribution in [3.63, 3.8) is 0 Å². The van der Waals surface area contributed by atoms with Gasteiger partial charge in [-0.1, -0.05) is 118 Å². The van der Waals surface area contributed by atoms with E-state index in [0.29, 0.717) is 19.4 Å². The molecule has 6 amide bonds. The summed E-state index contributed by atoms with van der Waals surface area (Å²) in [6.45, 7) is 29.4. The Balaban J connectivity index is -0.000000474. The molecule has 0 bridgehead atoms. The van der Waals surface area contributed by atoms with Gasteiger partial charge in [0, 0.05) is 54.5 Å². The summed E-state index contributed by atoms with van der Waals surface area (Å²) in [5.74, 6) is -2.40. The zero-order valence-corrected chi connectivity index (χ0v) is 53.9. The fraction of sp³-hybridized carbons (Fsp3) is 0.895. The summed E-state index contributed by atoms with van der Waals surface area (Å²) in [6.07, 6.45) is -14.3. The molecule has 29 nitrogen and oxygen atoms in total. The molecule has 0 aromatic heterocycles. The Kier molecular flexibility index (Phi) is 47.6. The van der Waals surface area contributed by atoms with Crippen LogP contribution in [0.5, 0.6) is 0 Å². The Hall–Kier alpha value is -3.86. The van der Waals surface area contributed by atoms with Crippen molar-refractivity contribution < 1.29 is 115 Å². The molecule has 0 aromatic rings. The van der Waals surface area contributed by atoms with E-state index in [0.717, 1.165) is 6.42 Å². The number of ether oxygens (including phenoxy) is 1. The van der Waals surface area contributed by atoms with Crippen LogP contribution in [0.15, 0.2) is 0 Å². The van der Waals surface area contributed by atoms with E-state index >= 15 is 0 Å². The molecule has 2 aliphatic rings. The third kappa shape index (κ3) is 33.6. The van der Waals surface area contributed by atoms with Gasteiger partial charge >= 0.3 is 0 Å². The van der Waals surface area contributed by atoms with Gasteiger partial charge in [-0.3, -0.25) is 28.8 Å². The van der Waals surface area contributed by atoms with Crippen molar-refractivity contribution in [2.45, 2.75) is 247 Å². The van der Waals surface area contributed by atoms with Gasteiger partial charge < -0.3 is 118 Å². The van der Waals surface area contributed by atoms with Crippen molar-refractivity contribution in [1.82, 2.24) is 31.9 Å². The number of carbonyl (C=O) groups excluding carboxylic acids is 6. The lowest BCUT2D eigenvalue weighted by Gasteiger charge is -2.42. The summed E-state index contributed by atoms with van der Waals surface area (Å²) < 4.78 is 5.14. The highest BCUT2D eigenvalue weighted by atomic mass is 16.6. The molecule has 512 valence electrons. The predicted molar refractivity (Wildman–Crippen MR) is 317 cm³/mol. The number of amides is 6. The topological polar surface area (TPSA) is 508 Å². The second kappa shape index (κ2) is 46.3. The van der Waals surface area contributed by atoms with Crippen LogP contribution in [0, 0.1) is 41.4 Å². The highest BCUT2D eigenvalue weighted by Gasteiger charge is 2.49. The van der Waals surface area contributed by atoms with Crippen LogP contribution in [0.25, 0.3) is 0 Å². The number of rotatable bonds is 25. The number of carbonyl (C=O) groups is 6. The van der Waals surface area contributed by atoms with Gasteiger partial charge in [-0.2, -0.15) is 0 Å². The van der Waals surface area contributed by atoms with Gasteiger partial charge in [0.05, 0.1) is 74.6 Å². The summed E-state index contributed by atoms with van der Waals surface area (Å²) in [5, 5.41) is 165. The van der Waals surface area contributed by atoms with Crippen LogP contribution in [-0.2, 0) is 33.5 Å². The van der Waals surface area contributed by atoms with Gasteiger partial charge in [-0.25, -0.2) is 0 Å². The first kappa shape index (κ1) is 88.6. The molecule has 0 spiro atoms. The number of aliphatic hydroxyl groups is 16. The van der Waals surface area contributed by atoms with Crippen molar-refractivity contribution in [3.8, 4) is 0 Å². The molecule has 0 radical (unpaired) electrons. The van der Waals surface area contributed by atoms with Gasteiger partial charge in [0.1, 0.15) is 48.8 Å². The number of hydrogen-bond acceptors (Lipinski definition) is 23. The molecule has 22 N–H and O–H groups in total. The minimum absolute atomic E-state index is 0.000874. The summed E-state index contributed by atoms with van der Waals surface area (Å²) in [5.41, 5.74) is -0.860. The average molecular weight is 1250 g/mol. The van der Waals surface area contributed by atoms with Gasteiger partial charge in [0.15, 0.2) is 6.29 Å². The van der Waals surface area contributed by atoms with E-state index in [1.54, 1.807) is 69.2 Å². The second-order valence-corrected chi connectivity index (χ2v) is 23.4. The summed E-state index contributed by atoms with van der Waals surface area (Å²) in [6, 6.07) is -2.15. The van der Waals surface area contributed by atoms with E-state index in [2.05, 4.69) is 31.9 Å². The Morgan fingerprint density at radius 3 is 1.19 bits per heavy atom. The first-order chi connectivity index (χ1) is 39.7. The minimum Gasteiger partial charge on any atom is -0.394 e. The Morgan fingerprint density at radius 2 is 0.849 bits per heavy atom. The molecule has 1 saturated heterocycles. The molecule has 2 rings (SSSR count). The van der Waals surface area contributed by atoms with Gasteiger partial charge in [-0.15, -0.1) is 0 Å². The quantitative estimate of drug-likeness (QED) is 0.0409. The van der Waals surface area contributed by atoms with E-state index in [9.17, 15) is 84.9 Å². The summed E-state index contributed by atoms with van der Waals surface area (Å²) in [7, 11) is 0. The van der Waals surface area contributed by atoms with Gasteiger partial charge in [0.2, 0.25) is 35.4 Å². The van der Waals surface area contributed by atoms with Crippen molar-refractivity contribution >= 4 is 35.4 Å². The van der Waals surface area contributed by atoms with Crippen molar-refractivity contribution in [2.75, 3.05) is 39.5 Å². The maximum atomic E-state index is 11.5. The zero-order valence-electron chi connectivity index (χ0n) is 53.9. The van der Waals surface area contributed by atoms with E-state index in [-0.39, 0.29) is 116 Å². The molecule has 13 unspecified atom stereocenters. The van der Waals surface area contributed by atoms with Crippen LogP contribution in [-0.4, -0.2) is 260 Å². The second-order valence-electron chi connectivity index (χ2n) is 23.4. The highest BCUT2D eigenvalue weighted by molar-refractivity contribution is 5.80. The third-order valence-corrected chi connectivity index (χ3v) is 13.9. The smallest absolute Gasteiger partial charge is 0.223 e. The van der Waals surface area contributed by atoms with Crippen LogP contribution in [0.3, 0.4) is 0 Å². The van der Waals surface area contributed by atoms with Gasteiger partial charge in [0.25, 0.3) is 0 Å². The third-order valence-electron chi connectivity index (χ3n) is 13.9. The molecule has 1 aliphatic heterocycles. The fourth-order valence-corrected chi connectivity index (χ4v) is 6.82. The number of aliphatic hydroxyl groups excluding tert-OH is 16. The maximum absolute atomic E-state index is 11.5. The molecular formula is C57H116N6O23. The van der Waals surface area contributed by atoms with E-state index in [1.807, 2.05) is 48.5 Å². The summed E-state index contributed by atoms with van der Waals surface area (Å²) in [4.78, 5) is 67.5. The van der Waals surface area contributed by atoms with Gasteiger partial charge in [-0.05, 0) is 25.7 Å². The van der Waals surface area contributed by atoms with E-state index in [1.165, 1.54) is 0 Å². The van der Waals surface area contributed by atoms with E-state index < -0.39 is 103 Å². The van der Waals surface area contributed by atoms with Crippen LogP contribution >= 0.6 is 0 Å². The molecule has 0 aromatic carbocycles. The maximum Gasteiger partial charge on any atom is 0.223 e. The molecule has 1 aliphatic carbocycles. The molecule has 17 atom stereocenters. The van der Waals surface area contributed by atoms with Crippen molar-refractivity contribution in [3.05, 3.63) is 0 Å². The molecule has 1 heterocycles. The van der Waals surface area contributed by atoms with Crippen LogP contribution in [0.2, 0.25) is 0 Å². The Labute approximate surface area is 508 Å². The SMILES string of the molecule is CC(C)C(=O)NC1C(O)OC(CO)C(C)C1O.CC(C)C(=O)NC1[C@@H](O)[C@H](O)C(O)[C@H](O)[C@H]1O.CCC(CO)(CO)NC(=O)C(C)C.CCC(CO)NC(=O)C(C)C.CCC(O)C(O)C(O)C(O)CNC(=O)C(C)C.CCC(O)CNC(=O)C(C)C. The lowest BCUT2D eigenvalue weighted by atomic mass is 9.83. The van der Waals surface area contributed by atoms with Crippen molar-refractivity contribution in [2.24, 2.45) is 41.4 Å². The minimum atomic E-state index is -1.65. The predicted octanol–water partition coefficient (Wildman–Crippen LogP) is -4.66. The largest absolute Gasteiger partial charge is 0.394 e. The molecule has 86 heavy (non-hydrogen) atoms. The molecule has 2 fully saturated rings. The highest BCUT2D eigenvalue weighted by Crippen LogP contribution is 2.25. The molecular weight excluding hydrogens is 1140 g/mol. The standard InChI is InChI=1S/C11H21NO5.C11H23NO5.C10H19NO6.C9H19NO3.2C8H17NO2/c1-5(2)10(15)12-8-9(14)6(3)7(4-13)17-11(8)16;1-4-7(13)9(15)10(16)8(14)5-12-11(17)6(2)3;1-3(2)10(17)11-4-5(12)7(14)9(16)8(15)6(4)13;1-4-9(5-11,6-12)10-8(13)7(2)3;1-4-7(5-10)9-8(11)6(2)3;1-4-7(10)5-9-8(11)6(2)3/h5-9,11,13-14,16H,4H2,1-3H3,(H,12,15);6-10,13-16H,4-5H2,1-3H3,(H,12,17);3-9,12-16H,1-2H3,(H,11,17);7,11-12H,4-6H2,1-3H3,(H,10,13);2*6-7,10H,4-5H2,1-3H3,(H,9,11)/t;;4?,5-,6+,7+,8-,9?;;;. The van der Waals surface area contributed by atoms with Crippen LogP contribution < -0.4 is 31.9 Å². The summed E-state index contributed by atoms with van der Waals surface area (Å²) >= 11 is 0. The molecule has 29 heteroatoms. The normalized spacial score (nSPS) is 24.8. The number of hydrogen-bond donors (Lipinski definition) is 22. The average Bonchev–Trinajstić information content (AvgIpc) is 2.08. The van der Waals surface area contributed by atoms with Crippen LogP contribution in [0.4, 0.5) is 0 Å². The van der Waals surface area contributed by atoms with E-state index in [4.69, 9.17) is 30.3 Å². The zero-order chi connectivity index (χ0) is 68.3. The number of nitrogens with one attached hydrogen (secondary N) is 6. The Morgan fingerprint density at radius 1 is 0.465 bits per heavy atom. The fourth-order valence-electron chi connectivity index (χ4n) is 6.82. The lowest BCUT2D eigenvalue weighted by Crippen LogP contribution is -2.68. The lowest BCUT2D eigenvalue weighted by molar-refractivity contribution is -0.235. The monoisotopic (exact) mass is 1250 g/mol. The first-order valence-electron chi connectivity index (χ1n) is 29.7.